The van der Waals surface area contributed by atoms with Crippen LogP contribution < -0.4 is 4.90 Å². The van der Waals surface area contributed by atoms with Crippen LogP contribution in [-0.2, 0) is 4.74 Å². The molecule has 0 bridgehead atoms. The molecule has 0 unspecified atom stereocenters. The van der Waals surface area contributed by atoms with Crippen molar-refractivity contribution in [2.45, 2.75) is 18.9 Å². The van der Waals surface area contributed by atoms with Crippen molar-refractivity contribution in [3.8, 4) is 11.3 Å². The minimum absolute atomic E-state index is 0.200. The molecule has 2 saturated heterocycles. The van der Waals surface area contributed by atoms with Crippen LogP contribution in [0, 0.1) is 5.82 Å². The van der Waals surface area contributed by atoms with Crippen molar-refractivity contribution in [1.29, 1.82) is 0 Å². The maximum atomic E-state index is 15.1. The van der Waals surface area contributed by atoms with Gasteiger partial charge in [0.25, 0.3) is 0 Å². The van der Waals surface area contributed by atoms with Crippen LogP contribution in [0.2, 0.25) is 0 Å². The van der Waals surface area contributed by atoms with Gasteiger partial charge in [0.2, 0.25) is 0 Å². The molecular formula is C23H24BrFN4O. The average molecular weight is 471 g/mol. The Morgan fingerprint density at radius 3 is 2.53 bits per heavy atom. The highest BCUT2D eigenvalue weighted by Crippen LogP contribution is 2.31. The molecule has 0 spiro atoms. The van der Waals surface area contributed by atoms with Crippen molar-refractivity contribution >= 4 is 32.5 Å². The van der Waals surface area contributed by atoms with Crippen molar-refractivity contribution in [2.24, 2.45) is 0 Å². The van der Waals surface area contributed by atoms with Crippen molar-refractivity contribution in [3.63, 3.8) is 0 Å². The first kappa shape index (κ1) is 19.8. The molecule has 5 nitrogen and oxygen atoms in total. The number of piperazine rings is 1. The molecule has 2 aliphatic heterocycles. The van der Waals surface area contributed by atoms with Crippen LogP contribution in [0.4, 0.5) is 10.1 Å². The fourth-order valence-corrected chi connectivity index (χ4v) is 4.91. The van der Waals surface area contributed by atoms with Crippen molar-refractivity contribution in [2.75, 3.05) is 44.3 Å². The van der Waals surface area contributed by atoms with Gasteiger partial charge in [0.15, 0.2) is 0 Å². The van der Waals surface area contributed by atoms with Crippen LogP contribution in [0.15, 0.2) is 47.2 Å². The van der Waals surface area contributed by atoms with Crippen LogP contribution in [-0.4, -0.2) is 60.3 Å². The summed E-state index contributed by atoms with van der Waals surface area (Å²) >= 11 is 3.50. The first-order chi connectivity index (χ1) is 14.7. The zero-order valence-electron chi connectivity index (χ0n) is 16.7. The molecule has 2 aromatic carbocycles. The largest absolute Gasteiger partial charge is 0.381 e. The van der Waals surface area contributed by atoms with Crippen LogP contribution >= 0.6 is 15.9 Å². The van der Waals surface area contributed by atoms with Gasteiger partial charge in [-0.1, -0.05) is 22.0 Å². The van der Waals surface area contributed by atoms with Gasteiger partial charge in [-0.05, 0) is 43.2 Å². The van der Waals surface area contributed by atoms with E-state index in [1.807, 2.05) is 30.3 Å². The summed E-state index contributed by atoms with van der Waals surface area (Å²) in [5.41, 5.74) is 3.03. The predicted octanol–water partition coefficient (Wildman–Crippen LogP) is 4.50. The van der Waals surface area contributed by atoms with Gasteiger partial charge in [-0.25, -0.2) is 14.4 Å². The van der Waals surface area contributed by atoms with Crippen molar-refractivity contribution in [1.82, 2.24) is 14.9 Å². The average Bonchev–Trinajstić information content (AvgIpc) is 2.79. The number of halogens is 2. The van der Waals surface area contributed by atoms with E-state index < -0.39 is 0 Å². The third-order valence-corrected chi connectivity index (χ3v) is 6.67. The minimum atomic E-state index is -0.200. The third kappa shape index (κ3) is 3.94. The highest BCUT2D eigenvalue weighted by Gasteiger charge is 2.26. The molecule has 2 aliphatic rings. The number of ether oxygens (including phenoxy) is 1. The second-order valence-corrected chi connectivity index (χ2v) is 8.83. The van der Waals surface area contributed by atoms with Gasteiger partial charge in [0.1, 0.15) is 12.1 Å². The number of hydrogen-bond donors (Lipinski definition) is 0. The van der Waals surface area contributed by atoms with Crippen LogP contribution in [0.1, 0.15) is 12.8 Å². The zero-order chi connectivity index (χ0) is 20.5. The van der Waals surface area contributed by atoms with Crippen LogP contribution in [0.3, 0.4) is 0 Å². The SMILES string of the molecule is Fc1cc(-c2ncnc3ccc(Br)cc23)ccc1N1CCN(C2CCOCC2)CC1. The Balaban J connectivity index is 1.35. The first-order valence-corrected chi connectivity index (χ1v) is 11.3. The number of aromatic nitrogens is 2. The minimum Gasteiger partial charge on any atom is -0.381 e. The van der Waals surface area contributed by atoms with E-state index >= 15 is 4.39 Å². The lowest BCUT2D eigenvalue weighted by Gasteiger charge is -2.41. The predicted molar refractivity (Wildman–Crippen MR) is 120 cm³/mol. The first-order valence-electron chi connectivity index (χ1n) is 10.5. The Morgan fingerprint density at radius 2 is 1.77 bits per heavy atom. The van der Waals surface area contributed by atoms with E-state index in [1.165, 1.54) is 6.33 Å². The van der Waals surface area contributed by atoms with E-state index in [-0.39, 0.29) is 5.82 Å². The topological polar surface area (TPSA) is 41.5 Å². The van der Waals surface area contributed by atoms with Gasteiger partial charge >= 0.3 is 0 Å². The quantitative estimate of drug-likeness (QED) is 0.563. The van der Waals surface area contributed by atoms with Crippen molar-refractivity contribution in [3.05, 3.63) is 53.0 Å². The number of hydrogen-bond acceptors (Lipinski definition) is 5. The second-order valence-electron chi connectivity index (χ2n) is 7.92. The Bertz CT molecular complexity index is 1050. The van der Waals surface area contributed by atoms with Gasteiger partial charge in [-0.3, -0.25) is 4.90 Å². The van der Waals surface area contributed by atoms with E-state index in [9.17, 15) is 0 Å². The molecule has 3 aromatic rings. The molecule has 5 rings (SSSR count). The van der Waals surface area contributed by atoms with E-state index in [0.29, 0.717) is 11.7 Å². The molecule has 0 atom stereocenters. The Labute approximate surface area is 184 Å². The fraction of sp³-hybridized carbons (Fsp3) is 0.391. The van der Waals surface area contributed by atoms with E-state index in [2.05, 4.69) is 35.7 Å². The van der Waals surface area contributed by atoms with Gasteiger partial charge in [-0.2, -0.15) is 0 Å². The van der Waals surface area contributed by atoms with Crippen LogP contribution in [0.25, 0.3) is 22.2 Å². The maximum Gasteiger partial charge on any atom is 0.147 e. The lowest BCUT2D eigenvalue weighted by molar-refractivity contribution is 0.0321. The molecule has 156 valence electrons. The number of fused-ring (bicyclic) bond motifs is 1. The second kappa shape index (κ2) is 8.57. The van der Waals surface area contributed by atoms with Crippen LogP contribution in [0.5, 0.6) is 0 Å². The highest BCUT2D eigenvalue weighted by molar-refractivity contribution is 9.10. The summed E-state index contributed by atoms with van der Waals surface area (Å²) in [7, 11) is 0. The normalized spacial score (nSPS) is 18.8. The van der Waals surface area contributed by atoms with Gasteiger partial charge in [0, 0.05) is 60.9 Å². The molecular weight excluding hydrogens is 447 g/mol. The van der Waals surface area contributed by atoms with E-state index in [0.717, 1.165) is 78.9 Å². The molecule has 0 aliphatic carbocycles. The number of nitrogens with zero attached hydrogens (tertiary/aromatic N) is 4. The summed E-state index contributed by atoms with van der Waals surface area (Å²) in [6.45, 7) is 5.34. The summed E-state index contributed by atoms with van der Waals surface area (Å²) in [5.74, 6) is -0.200. The lowest BCUT2D eigenvalue weighted by Crippen LogP contribution is -2.51. The maximum absolute atomic E-state index is 15.1. The molecule has 1 aromatic heterocycles. The third-order valence-electron chi connectivity index (χ3n) is 6.18. The summed E-state index contributed by atoms with van der Waals surface area (Å²) < 4.78 is 21.6. The van der Waals surface area contributed by atoms with E-state index in [4.69, 9.17) is 4.74 Å². The van der Waals surface area contributed by atoms with E-state index in [1.54, 1.807) is 6.07 Å². The van der Waals surface area contributed by atoms with Gasteiger partial charge in [0.05, 0.1) is 16.9 Å². The molecule has 7 heteroatoms. The summed E-state index contributed by atoms with van der Waals surface area (Å²) in [6, 6.07) is 11.9. The Morgan fingerprint density at radius 1 is 0.967 bits per heavy atom. The molecule has 0 amide bonds. The summed E-state index contributed by atoms with van der Waals surface area (Å²) in [5, 5.41) is 0.907. The fourth-order valence-electron chi connectivity index (χ4n) is 4.55. The summed E-state index contributed by atoms with van der Waals surface area (Å²) in [4.78, 5) is 13.4. The molecule has 30 heavy (non-hydrogen) atoms. The lowest BCUT2D eigenvalue weighted by atomic mass is 10.0. The molecule has 0 radical (unpaired) electrons. The van der Waals surface area contributed by atoms with Gasteiger partial charge in [-0.15, -0.1) is 0 Å². The molecule has 3 heterocycles. The smallest absolute Gasteiger partial charge is 0.147 e. The molecule has 2 fully saturated rings. The Hall–Kier alpha value is -2.09. The number of rotatable bonds is 3. The number of anilines is 1. The monoisotopic (exact) mass is 470 g/mol. The Kier molecular flexibility index (Phi) is 5.67. The zero-order valence-corrected chi connectivity index (χ0v) is 18.3. The summed E-state index contributed by atoms with van der Waals surface area (Å²) in [6.07, 6.45) is 3.74. The molecule has 0 saturated carbocycles. The molecule has 0 N–H and O–H groups in total. The number of benzene rings is 2. The van der Waals surface area contributed by atoms with Crippen molar-refractivity contribution < 1.29 is 9.13 Å². The highest BCUT2D eigenvalue weighted by atomic mass is 79.9. The standard InChI is InChI=1S/C23H24BrFN4O/c24-17-2-3-21-19(14-17)23(27-15-26-21)16-1-4-22(20(25)13-16)29-9-7-28(8-10-29)18-5-11-30-12-6-18/h1-4,13-15,18H,5-12H2. The van der Waals surface area contributed by atoms with Gasteiger partial charge < -0.3 is 9.64 Å².